The summed E-state index contributed by atoms with van der Waals surface area (Å²) in [7, 11) is -2.73. The van der Waals surface area contributed by atoms with Gasteiger partial charge in [-0.1, -0.05) is 12.1 Å². The topological polar surface area (TPSA) is 104 Å². The van der Waals surface area contributed by atoms with Crippen molar-refractivity contribution in [1.29, 1.82) is 0 Å². The lowest BCUT2D eigenvalue weighted by Crippen LogP contribution is -2.20. The fourth-order valence-corrected chi connectivity index (χ4v) is 3.85. The van der Waals surface area contributed by atoms with Crippen molar-refractivity contribution in [3.8, 4) is 0 Å². The Kier molecular flexibility index (Phi) is 6.54. The molecule has 0 aliphatic heterocycles. The van der Waals surface area contributed by atoms with Crippen molar-refractivity contribution in [3.63, 3.8) is 0 Å². The Morgan fingerprint density at radius 1 is 0.844 bits per heavy atom. The number of carbonyl (C=O) groups is 2. The van der Waals surface area contributed by atoms with Crippen molar-refractivity contribution in [2.75, 3.05) is 17.1 Å². The van der Waals surface area contributed by atoms with Crippen LogP contribution in [-0.4, -0.2) is 27.3 Å². The Balaban J connectivity index is 1.80. The molecule has 3 aromatic carbocycles. The molecule has 10 heteroatoms. The molecule has 3 aromatic rings. The summed E-state index contributed by atoms with van der Waals surface area (Å²) in [6, 6.07) is 12.7. The maximum Gasteiger partial charge on any atom is 0.261 e. The van der Waals surface area contributed by atoms with Gasteiger partial charge in [0.2, 0.25) is 0 Å². The lowest BCUT2D eigenvalue weighted by Gasteiger charge is -2.11. The second-order valence-corrected chi connectivity index (χ2v) is 8.51. The Bertz CT molecular complexity index is 1310. The van der Waals surface area contributed by atoms with Crippen molar-refractivity contribution >= 4 is 33.2 Å². The summed E-state index contributed by atoms with van der Waals surface area (Å²) < 4.78 is 55.0. The summed E-state index contributed by atoms with van der Waals surface area (Å²) in [5.74, 6) is -2.66. The van der Waals surface area contributed by atoms with E-state index in [0.29, 0.717) is 5.56 Å². The molecule has 0 aliphatic rings. The molecule has 2 amide bonds. The molecule has 166 valence electrons. The largest absolute Gasteiger partial charge is 0.355 e. The van der Waals surface area contributed by atoms with Gasteiger partial charge < -0.3 is 10.6 Å². The second kappa shape index (κ2) is 9.15. The second-order valence-electron chi connectivity index (χ2n) is 6.83. The highest BCUT2D eigenvalue weighted by Crippen LogP contribution is 2.21. The van der Waals surface area contributed by atoms with E-state index in [0.717, 1.165) is 12.1 Å². The van der Waals surface area contributed by atoms with Gasteiger partial charge in [-0.25, -0.2) is 17.2 Å². The van der Waals surface area contributed by atoms with Crippen molar-refractivity contribution in [2.45, 2.75) is 11.8 Å². The van der Waals surface area contributed by atoms with Crippen molar-refractivity contribution in [3.05, 3.63) is 89.0 Å². The van der Waals surface area contributed by atoms with Crippen LogP contribution in [0.15, 0.2) is 65.6 Å². The average Bonchev–Trinajstić information content (AvgIpc) is 2.76. The number of nitrogens with one attached hydrogen (secondary N) is 3. The van der Waals surface area contributed by atoms with Gasteiger partial charge in [0.15, 0.2) is 0 Å². The van der Waals surface area contributed by atoms with Gasteiger partial charge in [0, 0.05) is 24.0 Å². The molecule has 32 heavy (non-hydrogen) atoms. The zero-order chi connectivity index (χ0) is 23.5. The van der Waals surface area contributed by atoms with Gasteiger partial charge in [0.05, 0.1) is 10.5 Å². The van der Waals surface area contributed by atoms with Gasteiger partial charge in [-0.15, -0.1) is 0 Å². The van der Waals surface area contributed by atoms with Crippen LogP contribution in [0.25, 0.3) is 0 Å². The molecule has 0 fully saturated rings. The predicted octanol–water partition coefficient (Wildman–Crippen LogP) is 3.69. The first kappa shape index (κ1) is 22.9. The third-order valence-corrected chi connectivity index (χ3v) is 5.91. The van der Waals surface area contributed by atoms with Crippen molar-refractivity contribution < 1.29 is 26.8 Å². The molecule has 0 spiro atoms. The van der Waals surface area contributed by atoms with E-state index in [2.05, 4.69) is 15.4 Å². The molecule has 0 atom stereocenters. The van der Waals surface area contributed by atoms with Crippen LogP contribution in [-0.2, 0) is 10.0 Å². The van der Waals surface area contributed by atoms with E-state index in [1.165, 1.54) is 62.5 Å². The van der Waals surface area contributed by atoms with Crippen LogP contribution in [0.1, 0.15) is 26.3 Å². The van der Waals surface area contributed by atoms with Crippen LogP contribution >= 0.6 is 0 Å². The molecule has 7 nitrogen and oxygen atoms in total. The summed E-state index contributed by atoms with van der Waals surface area (Å²) in [6.45, 7) is 1.51. The van der Waals surface area contributed by atoms with Gasteiger partial charge in [0.25, 0.3) is 21.8 Å². The molecular formula is C22H19F2N3O4S. The fourth-order valence-electron chi connectivity index (χ4n) is 2.79. The third kappa shape index (κ3) is 5.09. The standard InChI is InChI=1S/C22H19F2N3O4S/c1-13-6-8-17(12-20(13)24)32(30,31)27-16-5-3-4-14(10-16)21(28)26-15-7-9-19(23)18(11-15)22(29)25-2/h3-12,27H,1-2H3,(H,25,29)(H,26,28). The van der Waals surface area contributed by atoms with Gasteiger partial charge in [-0.05, 0) is 61.0 Å². The molecule has 0 aliphatic carbocycles. The minimum atomic E-state index is -4.08. The minimum absolute atomic E-state index is 0.0868. The number of amides is 2. The summed E-state index contributed by atoms with van der Waals surface area (Å²) in [5.41, 5.74) is 0.436. The Morgan fingerprint density at radius 3 is 2.28 bits per heavy atom. The number of hydrogen-bond acceptors (Lipinski definition) is 4. The molecule has 3 rings (SSSR count). The fraction of sp³-hybridized carbons (Fsp3) is 0.0909. The number of benzene rings is 3. The maximum absolute atomic E-state index is 13.8. The van der Waals surface area contributed by atoms with Crippen LogP contribution in [0.2, 0.25) is 0 Å². The number of hydrogen-bond donors (Lipinski definition) is 3. The first-order chi connectivity index (χ1) is 15.1. The maximum atomic E-state index is 13.8. The summed E-state index contributed by atoms with van der Waals surface area (Å²) >= 11 is 0. The Morgan fingerprint density at radius 2 is 1.59 bits per heavy atom. The number of carbonyl (C=O) groups excluding carboxylic acids is 2. The highest BCUT2D eigenvalue weighted by atomic mass is 32.2. The zero-order valence-corrected chi connectivity index (χ0v) is 17.9. The third-order valence-electron chi connectivity index (χ3n) is 4.53. The molecule has 0 radical (unpaired) electrons. The van der Waals surface area contributed by atoms with Crippen LogP contribution in [0.3, 0.4) is 0 Å². The van der Waals surface area contributed by atoms with E-state index < -0.39 is 33.5 Å². The minimum Gasteiger partial charge on any atom is -0.355 e. The highest BCUT2D eigenvalue weighted by molar-refractivity contribution is 7.92. The Hall–Kier alpha value is -3.79. The monoisotopic (exact) mass is 459 g/mol. The van der Waals surface area contributed by atoms with Crippen LogP contribution < -0.4 is 15.4 Å². The molecule has 0 saturated heterocycles. The summed E-state index contributed by atoms with van der Waals surface area (Å²) in [5, 5.41) is 4.83. The van der Waals surface area contributed by atoms with E-state index in [4.69, 9.17) is 0 Å². The number of aryl methyl sites for hydroxylation is 1. The van der Waals surface area contributed by atoms with Crippen molar-refractivity contribution in [2.24, 2.45) is 0 Å². The first-order valence-electron chi connectivity index (χ1n) is 9.33. The molecule has 0 unspecified atom stereocenters. The molecule has 0 heterocycles. The first-order valence-corrected chi connectivity index (χ1v) is 10.8. The number of anilines is 2. The molecule has 0 saturated carbocycles. The molecular weight excluding hydrogens is 440 g/mol. The molecule has 0 aromatic heterocycles. The lowest BCUT2D eigenvalue weighted by atomic mass is 10.1. The molecule has 3 N–H and O–H groups in total. The summed E-state index contributed by atoms with van der Waals surface area (Å²) in [4.78, 5) is 24.1. The van der Waals surface area contributed by atoms with Crippen LogP contribution in [0.4, 0.5) is 20.2 Å². The summed E-state index contributed by atoms with van der Waals surface area (Å²) in [6.07, 6.45) is 0. The van der Waals surface area contributed by atoms with E-state index in [1.807, 2.05) is 0 Å². The Labute approximate surface area is 183 Å². The van der Waals surface area contributed by atoms with E-state index in [9.17, 15) is 26.8 Å². The van der Waals surface area contributed by atoms with Crippen molar-refractivity contribution in [1.82, 2.24) is 5.32 Å². The van der Waals surface area contributed by atoms with Crippen LogP contribution in [0.5, 0.6) is 0 Å². The highest BCUT2D eigenvalue weighted by Gasteiger charge is 2.17. The number of halogens is 2. The average molecular weight is 459 g/mol. The smallest absolute Gasteiger partial charge is 0.261 e. The van der Waals surface area contributed by atoms with Gasteiger partial charge in [0.1, 0.15) is 11.6 Å². The molecule has 0 bridgehead atoms. The normalized spacial score (nSPS) is 11.0. The number of sulfonamides is 1. The van der Waals surface area contributed by atoms with E-state index in [1.54, 1.807) is 0 Å². The quantitative estimate of drug-likeness (QED) is 0.523. The van der Waals surface area contributed by atoms with Gasteiger partial charge >= 0.3 is 0 Å². The SMILES string of the molecule is CNC(=O)c1cc(NC(=O)c2cccc(NS(=O)(=O)c3ccc(C)c(F)c3)c2)ccc1F. The lowest BCUT2D eigenvalue weighted by molar-refractivity contribution is 0.0957. The van der Waals surface area contributed by atoms with Gasteiger partial charge in [-0.3, -0.25) is 14.3 Å². The van der Waals surface area contributed by atoms with E-state index in [-0.39, 0.29) is 27.4 Å². The van der Waals surface area contributed by atoms with Gasteiger partial charge in [-0.2, -0.15) is 0 Å². The predicted molar refractivity (Wildman–Crippen MR) is 116 cm³/mol. The van der Waals surface area contributed by atoms with Crippen LogP contribution in [0, 0.1) is 18.6 Å². The number of rotatable bonds is 6. The van der Waals surface area contributed by atoms with E-state index >= 15 is 0 Å². The zero-order valence-electron chi connectivity index (χ0n) is 17.1.